The Kier molecular flexibility index (Phi) is 7.09. The van der Waals surface area contributed by atoms with E-state index in [-0.39, 0.29) is 5.97 Å². The van der Waals surface area contributed by atoms with Gasteiger partial charge in [0.25, 0.3) is 0 Å². The van der Waals surface area contributed by atoms with Gasteiger partial charge in [-0.2, -0.15) is 0 Å². The van der Waals surface area contributed by atoms with Crippen molar-refractivity contribution in [1.82, 2.24) is 4.90 Å². The fourth-order valence-electron chi connectivity index (χ4n) is 2.09. The number of esters is 1. The lowest BCUT2D eigenvalue weighted by Crippen LogP contribution is -2.32. The number of nitrogens with zero attached hydrogens (tertiary/aromatic N) is 1. The fraction of sp³-hybridized carbons (Fsp3) is 0.562. The number of rotatable bonds is 8. The summed E-state index contributed by atoms with van der Waals surface area (Å²) in [6, 6.07) is 6.21. The van der Waals surface area contributed by atoms with Crippen LogP contribution in [0.3, 0.4) is 0 Å². The molecule has 0 amide bonds. The average molecular weight is 279 g/mol. The molecule has 1 aromatic carbocycles. The number of hydrogen-bond donors (Lipinski definition) is 0. The summed E-state index contributed by atoms with van der Waals surface area (Å²) in [5.41, 5.74) is 2.42. The van der Waals surface area contributed by atoms with Crippen LogP contribution in [-0.2, 0) is 9.53 Å². The van der Waals surface area contributed by atoms with Gasteiger partial charge in [-0.05, 0) is 50.1 Å². The first-order valence-corrected chi connectivity index (χ1v) is 7.05. The van der Waals surface area contributed by atoms with Crippen LogP contribution in [0.2, 0.25) is 0 Å². The Bertz CT molecular complexity index is 411. The zero-order valence-corrected chi connectivity index (χ0v) is 12.9. The lowest BCUT2D eigenvalue weighted by molar-refractivity contribution is -0.141. The van der Waals surface area contributed by atoms with Crippen molar-refractivity contribution in [3.63, 3.8) is 0 Å². The van der Waals surface area contributed by atoms with Crippen molar-refractivity contribution in [3.05, 3.63) is 29.3 Å². The zero-order valence-electron chi connectivity index (χ0n) is 12.9. The highest BCUT2D eigenvalue weighted by atomic mass is 16.5. The van der Waals surface area contributed by atoms with Crippen molar-refractivity contribution >= 4 is 5.97 Å². The molecule has 0 saturated heterocycles. The molecule has 1 rings (SSSR count). The molecule has 0 spiro atoms. The minimum atomic E-state index is -0.193. The minimum absolute atomic E-state index is 0.193. The van der Waals surface area contributed by atoms with Crippen LogP contribution in [0.5, 0.6) is 5.75 Å². The summed E-state index contributed by atoms with van der Waals surface area (Å²) in [5, 5.41) is 0. The first-order chi connectivity index (χ1) is 9.55. The zero-order chi connectivity index (χ0) is 15.0. The number of benzene rings is 1. The van der Waals surface area contributed by atoms with Crippen LogP contribution in [-0.4, -0.2) is 44.2 Å². The number of hydrogen-bond acceptors (Lipinski definition) is 4. The van der Waals surface area contributed by atoms with Crippen LogP contribution in [0, 0.1) is 13.8 Å². The molecule has 0 unspecified atom stereocenters. The molecule has 112 valence electrons. The highest BCUT2D eigenvalue weighted by Crippen LogP contribution is 2.16. The quantitative estimate of drug-likeness (QED) is 0.541. The van der Waals surface area contributed by atoms with Gasteiger partial charge in [0.1, 0.15) is 5.75 Å². The van der Waals surface area contributed by atoms with E-state index in [0.29, 0.717) is 13.2 Å². The molecule has 20 heavy (non-hydrogen) atoms. The number of carbonyl (C=O) groups is 1. The largest absolute Gasteiger partial charge is 0.494 e. The van der Waals surface area contributed by atoms with Gasteiger partial charge in [-0.25, -0.2) is 0 Å². The van der Waals surface area contributed by atoms with E-state index in [9.17, 15) is 4.79 Å². The second kappa shape index (κ2) is 8.59. The van der Waals surface area contributed by atoms with E-state index in [4.69, 9.17) is 4.74 Å². The Morgan fingerprint density at radius 3 is 2.40 bits per heavy atom. The number of ether oxygens (including phenoxy) is 2. The van der Waals surface area contributed by atoms with Crippen LogP contribution in [0.15, 0.2) is 18.2 Å². The molecule has 0 fully saturated rings. The third-order valence-corrected chi connectivity index (χ3v) is 3.11. The average Bonchev–Trinajstić information content (AvgIpc) is 2.40. The summed E-state index contributed by atoms with van der Waals surface area (Å²) >= 11 is 0. The van der Waals surface area contributed by atoms with Crippen LogP contribution < -0.4 is 4.74 Å². The summed E-state index contributed by atoms with van der Waals surface area (Å²) in [6.07, 6.45) is 0.887. The van der Waals surface area contributed by atoms with Crippen LogP contribution in [0.4, 0.5) is 0 Å². The summed E-state index contributed by atoms with van der Waals surface area (Å²) in [5.74, 6) is 0.723. The van der Waals surface area contributed by atoms with E-state index in [0.717, 1.165) is 25.3 Å². The molecule has 0 heterocycles. The Morgan fingerprint density at radius 1 is 1.20 bits per heavy atom. The van der Waals surface area contributed by atoms with Gasteiger partial charge in [-0.1, -0.05) is 13.0 Å². The second-order valence-electron chi connectivity index (χ2n) is 4.97. The third-order valence-electron chi connectivity index (χ3n) is 3.11. The molecule has 0 saturated carbocycles. The Labute approximate surface area is 121 Å². The molecule has 4 heteroatoms. The lowest BCUT2D eigenvalue weighted by atomic mass is 10.1. The fourth-order valence-corrected chi connectivity index (χ4v) is 2.09. The Morgan fingerprint density at radius 2 is 1.85 bits per heavy atom. The maximum atomic E-state index is 11.2. The molecule has 0 aliphatic carbocycles. The van der Waals surface area contributed by atoms with Crippen LogP contribution >= 0.6 is 0 Å². The van der Waals surface area contributed by atoms with Gasteiger partial charge in [0.05, 0.1) is 20.3 Å². The molecule has 0 N–H and O–H groups in total. The van der Waals surface area contributed by atoms with Crippen molar-refractivity contribution < 1.29 is 14.3 Å². The summed E-state index contributed by atoms with van der Waals surface area (Å²) < 4.78 is 10.4. The van der Waals surface area contributed by atoms with Gasteiger partial charge in [-0.3, -0.25) is 9.69 Å². The summed E-state index contributed by atoms with van der Waals surface area (Å²) in [6.45, 7) is 8.82. The number of aryl methyl sites for hydroxylation is 2. The molecule has 0 aliphatic heterocycles. The Hall–Kier alpha value is -1.55. The van der Waals surface area contributed by atoms with Crippen molar-refractivity contribution in [2.24, 2.45) is 0 Å². The standard InChI is InChI=1S/C16H25NO3/c1-5-17(12-16(18)19-4)7-6-8-20-15-10-13(2)9-14(3)11-15/h9-11H,5-8,12H2,1-4H3. The Balaban J connectivity index is 2.31. The van der Waals surface area contributed by atoms with E-state index in [1.54, 1.807) is 0 Å². The predicted molar refractivity (Wildman–Crippen MR) is 80.2 cm³/mol. The monoisotopic (exact) mass is 279 g/mol. The summed E-state index contributed by atoms with van der Waals surface area (Å²) in [7, 11) is 1.42. The SMILES string of the molecule is CCN(CCCOc1cc(C)cc(C)c1)CC(=O)OC. The highest BCUT2D eigenvalue weighted by Gasteiger charge is 2.08. The topological polar surface area (TPSA) is 38.8 Å². The first kappa shape index (κ1) is 16.5. The van der Waals surface area contributed by atoms with Crippen molar-refractivity contribution in [2.75, 3.05) is 33.4 Å². The van der Waals surface area contributed by atoms with Crippen molar-refractivity contribution in [2.45, 2.75) is 27.2 Å². The molecule has 0 atom stereocenters. The lowest BCUT2D eigenvalue weighted by Gasteiger charge is -2.18. The maximum Gasteiger partial charge on any atom is 0.319 e. The molecule has 1 aromatic rings. The van der Waals surface area contributed by atoms with Crippen molar-refractivity contribution in [1.29, 1.82) is 0 Å². The molecular weight excluding hydrogens is 254 g/mol. The molecule has 0 aromatic heterocycles. The van der Waals surface area contributed by atoms with Crippen LogP contribution in [0.1, 0.15) is 24.5 Å². The number of carbonyl (C=O) groups excluding carboxylic acids is 1. The van der Waals surface area contributed by atoms with Gasteiger partial charge in [0, 0.05) is 6.54 Å². The predicted octanol–water partition coefficient (Wildman–Crippen LogP) is 2.57. The molecule has 4 nitrogen and oxygen atoms in total. The highest BCUT2D eigenvalue weighted by molar-refractivity contribution is 5.71. The molecular formula is C16H25NO3. The van der Waals surface area contributed by atoms with Gasteiger partial charge >= 0.3 is 5.97 Å². The summed E-state index contributed by atoms with van der Waals surface area (Å²) in [4.78, 5) is 13.3. The van der Waals surface area contributed by atoms with E-state index < -0.39 is 0 Å². The number of methoxy groups -OCH3 is 1. The van der Waals surface area contributed by atoms with Gasteiger partial charge < -0.3 is 9.47 Å². The van der Waals surface area contributed by atoms with Crippen molar-refractivity contribution in [3.8, 4) is 5.75 Å². The minimum Gasteiger partial charge on any atom is -0.494 e. The van der Waals surface area contributed by atoms with Gasteiger partial charge in [0.15, 0.2) is 0 Å². The maximum absolute atomic E-state index is 11.2. The van der Waals surface area contributed by atoms with E-state index in [2.05, 4.69) is 29.6 Å². The van der Waals surface area contributed by atoms with E-state index in [1.165, 1.54) is 18.2 Å². The third kappa shape index (κ3) is 6.06. The molecule has 0 radical (unpaired) electrons. The smallest absolute Gasteiger partial charge is 0.319 e. The second-order valence-corrected chi connectivity index (χ2v) is 4.97. The van der Waals surface area contributed by atoms with E-state index in [1.807, 2.05) is 19.1 Å². The van der Waals surface area contributed by atoms with Gasteiger partial charge in [0.2, 0.25) is 0 Å². The van der Waals surface area contributed by atoms with Crippen LogP contribution in [0.25, 0.3) is 0 Å². The van der Waals surface area contributed by atoms with E-state index >= 15 is 0 Å². The van der Waals surface area contributed by atoms with Gasteiger partial charge in [-0.15, -0.1) is 0 Å². The molecule has 0 bridgehead atoms. The first-order valence-electron chi connectivity index (χ1n) is 7.05. The normalized spacial score (nSPS) is 10.7. The molecule has 0 aliphatic rings. The number of likely N-dealkylation sites (N-methyl/N-ethyl adjacent to an activating group) is 1.